The first-order chi connectivity index (χ1) is 10.4. The molecule has 1 heterocycles. The Morgan fingerprint density at radius 1 is 0.810 bits per heavy atom. The van der Waals surface area contributed by atoms with Crippen LogP contribution in [-0.2, 0) is 4.74 Å². The van der Waals surface area contributed by atoms with Crippen LogP contribution >= 0.6 is 0 Å². The molecule has 1 unspecified atom stereocenters. The van der Waals surface area contributed by atoms with Crippen LogP contribution in [0.5, 0.6) is 0 Å². The molecule has 0 N–H and O–H groups in total. The summed E-state index contributed by atoms with van der Waals surface area (Å²) in [5.41, 5.74) is 2.23. The third kappa shape index (κ3) is 3.73. The SMILES string of the molecule is C1=C(C2(C3CCCCCCO3)CCCCCCC2)CCC1. The molecule has 0 bridgehead atoms. The molecule has 0 spiro atoms. The van der Waals surface area contributed by atoms with Gasteiger partial charge in [0.1, 0.15) is 0 Å². The van der Waals surface area contributed by atoms with Gasteiger partial charge in [0.25, 0.3) is 0 Å². The molecule has 1 nitrogen and oxygen atoms in total. The van der Waals surface area contributed by atoms with E-state index in [1.807, 2.05) is 0 Å². The molecule has 0 radical (unpaired) electrons. The molecular weight excluding hydrogens is 256 g/mol. The van der Waals surface area contributed by atoms with Crippen molar-refractivity contribution in [2.45, 2.75) is 102 Å². The highest BCUT2D eigenvalue weighted by atomic mass is 16.5. The summed E-state index contributed by atoms with van der Waals surface area (Å²) in [6.45, 7) is 1.01. The van der Waals surface area contributed by atoms with Crippen LogP contribution in [0.1, 0.15) is 96.3 Å². The lowest BCUT2D eigenvalue weighted by Crippen LogP contribution is -2.40. The molecule has 0 aromatic carbocycles. The van der Waals surface area contributed by atoms with Gasteiger partial charge in [-0.15, -0.1) is 0 Å². The minimum Gasteiger partial charge on any atom is -0.377 e. The Labute approximate surface area is 131 Å². The lowest BCUT2D eigenvalue weighted by atomic mass is 9.65. The van der Waals surface area contributed by atoms with Crippen LogP contribution in [0.15, 0.2) is 11.6 Å². The Balaban J connectivity index is 1.81. The van der Waals surface area contributed by atoms with E-state index in [0.29, 0.717) is 11.5 Å². The van der Waals surface area contributed by atoms with E-state index in [-0.39, 0.29) is 0 Å². The van der Waals surface area contributed by atoms with Crippen molar-refractivity contribution in [3.05, 3.63) is 11.6 Å². The second kappa shape index (κ2) is 7.81. The molecule has 1 aliphatic heterocycles. The maximum atomic E-state index is 6.49. The Bertz CT molecular complexity index is 328. The predicted octanol–water partition coefficient (Wildman–Crippen LogP) is 6.18. The quantitative estimate of drug-likeness (QED) is 0.552. The van der Waals surface area contributed by atoms with E-state index in [0.717, 1.165) is 6.61 Å². The average Bonchev–Trinajstić information content (AvgIpc) is 2.94. The molecule has 120 valence electrons. The van der Waals surface area contributed by atoms with Gasteiger partial charge in [0.15, 0.2) is 0 Å². The third-order valence-electron chi connectivity index (χ3n) is 6.22. The summed E-state index contributed by atoms with van der Waals surface area (Å²) in [6, 6.07) is 0. The summed E-state index contributed by atoms with van der Waals surface area (Å²) in [4.78, 5) is 0. The smallest absolute Gasteiger partial charge is 0.0668 e. The highest BCUT2D eigenvalue weighted by Gasteiger charge is 2.42. The summed E-state index contributed by atoms with van der Waals surface area (Å²) in [5.74, 6) is 0. The number of ether oxygens (including phenoxy) is 1. The van der Waals surface area contributed by atoms with Crippen molar-refractivity contribution in [1.82, 2.24) is 0 Å². The molecule has 3 rings (SSSR count). The van der Waals surface area contributed by atoms with E-state index >= 15 is 0 Å². The van der Waals surface area contributed by atoms with E-state index < -0.39 is 0 Å². The van der Waals surface area contributed by atoms with Gasteiger partial charge in [0.05, 0.1) is 6.10 Å². The second-order valence-corrected chi connectivity index (χ2v) is 7.61. The van der Waals surface area contributed by atoms with Gasteiger partial charge in [-0.1, -0.05) is 63.0 Å². The van der Waals surface area contributed by atoms with Crippen LogP contribution < -0.4 is 0 Å². The summed E-state index contributed by atoms with van der Waals surface area (Å²) < 4.78 is 6.49. The molecule has 0 amide bonds. The fourth-order valence-corrected chi connectivity index (χ4v) is 5.04. The largest absolute Gasteiger partial charge is 0.377 e. The number of hydrogen-bond donors (Lipinski definition) is 0. The van der Waals surface area contributed by atoms with E-state index in [1.54, 1.807) is 5.57 Å². The lowest BCUT2D eigenvalue weighted by Gasteiger charge is -2.44. The van der Waals surface area contributed by atoms with E-state index in [9.17, 15) is 0 Å². The molecule has 21 heavy (non-hydrogen) atoms. The Morgan fingerprint density at radius 2 is 1.52 bits per heavy atom. The van der Waals surface area contributed by atoms with E-state index in [1.165, 1.54) is 96.3 Å². The summed E-state index contributed by atoms with van der Waals surface area (Å²) in [7, 11) is 0. The molecule has 1 saturated carbocycles. The minimum atomic E-state index is 0.425. The highest BCUT2D eigenvalue weighted by molar-refractivity contribution is 5.21. The van der Waals surface area contributed by atoms with Gasteiger partial charge < -0.3 is 4.74 Å². The van der Waals surface area contributed by atoms with Gasteiger partial charge in [-0.05, 0) is 44.9 Å². The monoisotopic (exact) mass is 290 g/mol. The zero-order valence-corrected chi connectivity index (χ0v) is 13.9. The first-order valence-corrected chi connectivity index (χ1v) is 9.73. The zero-order chi connectivity index (χ0) is 14.4. The fraction of sp³-hybridized carbons (Fsp3) is 0.900. The van der Waals surface area contributed by atoms with Crippen LogP contribution in [0.3, 0.4) is 0 Å². The first-order valence-electron chi connectivity index (χ1n) is 9.73. The predicted molar refractivity (Wildman–Crippen MR) is 89.5 cm³/mol. The van der Waals surface area contributed by atoms with Crippen molar-refractivity contribution in [2.75, 3.05) is 6.61 Å². The Kier molecular flexibility index (Phi) is 5.80. The zero-order valence-electron chi connectivity index (χ0n) is 13.9. The van der Waals surface area contributed by atoms with Crippen molar-refractivity contribution in [2.24, 2.45) is 5.41 Å². The van der Waals surface area contributed by atoms with Gasteiger partial charge in [0.2, 0.25) is 0 Å². The topological polar surface area (TPSA) is 9.23 Å². The summed E-state index contributed by atoms with van der Waals surface area (Å²) in [5, 5.41) is 0. The standard InChI is InChI=1S/C20H34O/c1-3-9-15-20(16-10-4-1,18-12-7-8-13-18)19-14-6-2-5-11-17-21-19/h12,19H,1-11,13-17H2. The van der Waals surface area contributed by atoms with Crippen LogP contribution in [0.25, 0.3) is 0 Å². The van der Waals surface area contributed by atoms with Crippen LogP contribution in [-0.4, -0.2) is 12.7 Å². The molecule has 0 aromatic heterocycles. The van der Waals surface area contributed by atoms with Crippen molar-refractivity contribution in [3.63, 3.8) is 0 Å². The van der Waals surface area contributed by atoms with E-state index in [4.69, 9.17) is 4.74 Å². The number of hydrogen-bond acceptors (Lipinski definition) is 1. The van der Waals surface area contributed by atoms with Gasteiger partial charge in [0, 0.05) is 12.0 Å². The maximum absolute atomic E-state index is 6.49. The lowest BCUT2D eigenvalue weighted by molar-refractivity contribution is -0.0493. The van der Waals surface area contributed by atoms with Crippen molar-refractivity contribution in [1.29, 1.82) is 0 Å². The average molecular weight is 290 g/mol. The molecule has 2 fully saturated rings. The molecule has 2 aliphatic carbocycles. The minimum absolute atomic E-state index is 0.425. The van der Waals surface area contributed by atoms with Crippen molar-refractivity contribution in [3.8, 4) is 0 Å². The number of rotatable bonds is 2. The van der Waals surface area contributed by atoms with Crippen molar-refractivity contribution >= 4 is 0 Å². The van der Waals surface area contributed by atoms with Gasteiger partial charge in [-0.2, -0.15) is 0 Å². The van der Waals surface area contributed by atoms with Crippen LogP contribution in [0.4, 0.5) is 0 Å². The molecule has 1 saturated heterocycles. The Hall–Kier alpha value is -0.300. The van der Waals surface area contributed by atoms with Gasteiger partial charge in [-0.3, -0.25) is 0 Å². The summed E-state index contributed by atoms with van der Waals surface area (Å²) in [6.07, 6.45) is 24.0. The molecular formula is C20H34O. The van der Waals surface area contributed by atoms with Gasteiger partial charge in [-0.25, -0.2) is 0 Å². The number of allylic oxidation sites excluding steroid dienone is 1. The third-order valence-corrected chi connectivity index (χ3v) is 6.22. The van der Waals surface area contributed by atoms with Gasteiger partial charge >= 0.3 is 0 Å². The van der Waals surface area contributed by atoms with Crippen LogP contribution in [0.2, 0.25) is 0 Å². The maximum Gasteiger partial charge on any atom is 0.0668 e. The van der Waals surface area contributed by atoms with E-state index in [2.05, 4.69) is 6.08 Å². The molecule has 1 atom stereocenters. The van der Waals surface area contributed by atoms with Crippen molar-refractivity contribution < 1.29 is 4.74 Å². The summed E-state index contributed by atoms with van der Waals surface area (Å²) >= 11 is 0. The normalized spacial score (nSPS) is 31.6. The first kappa shape index (κ1) is 15.6. The molecule has 1 heteroatoms. The van der Waals surface area contributed by atoms with Crippen LogP contribution in [0, 0.1) is 5.41 Å². The Morgan fingerprint density at radius 3 is 2.29 bits per heavy atom. The fourth-order valence-electron chi connectivity index (χ4n) is 5.04. The second-order valence-electron chi connectivity index (χ2n) is 7.61. The molecule has 3 aliphatic rings. The molecule has 0 aromatic rings. The highest BCUT2D eigenvalue weighted by Crippen LogP contribution is 2.50.